The summed E-state index contributed by atoms with van der Waals surface area (Å²) in [5.74, 6) is -1.04. The van der Waals surface area contributed by atoms with Crippen molar-refractivity contribution in [2.24, 2.45) is 0 Å². The first-order valence-electron chi connectivity index (χ1n) is 28.1. The van der Waals surface area contributed by atoms with Gasteiger partial charge < -0.3 is 14.2 Å². The number of allylic oxidation sites excluding steroid dienone is 14. The molecule has 6 nitrogen and oxygen atoms in total. The van der Waals surface area contributed by atoms with E-state index in [1.807, 2.05) is 6.08 Å². The molecule has 0 aromatic heterocycles. The summed E-state index contributed by atoms with van der Waals surface area (Å²) in [6, 6.07) is 0. The fourth-order valence-corrected chi connectivity index (χ4v) is 7.62. The van der Waals surface area contributed by atoms with Gasteiger partial charge in [0.1, 0.15) is 13.2 Å². The van der Waals surface area contributed by atoms with Crippen molar-refractivity contribution >= 4 is 17.9 Å². The highest BCUT2D eigenvalue weighted by Crippen LogP contribution is 2.14. The molecule has 0 saturated heterocycles. The standard InChI is InChI=1S/C61H104O6/c1-4-7-10-13-16-19-22-25-27-29-30-32-33-36-39-42-45-48-51-54-60(63)66-57-58(56-65-59(62)53-50-47-44-41-38-35-24-21-18-15-12-9-6-3)67-61(64)55-52-49-46-43-40-37-34-31-28-26-23-20-17-14-11-8-5-2/h16,19,22,25-26,28,34-35,37-38,43-44,46-47,58H,4-15,17-18,20-21,23-24,27,29-33,36,39-42,45,48-57H2,1-3H3/b19-16+,25-22+,28-26+,37-34+,38-35+,46-43+,47-44+. The number of esters is 3. The fraction of sp³-hybridized carbons (Fsp3) is 0.721. The SMILES string of the molecule is CCCCC/C=C/C=C/CCCCCCCCCCCCC(=O)OCC(COC(=O)CC/C=C/C/C=C/CCCCCCCC)OC(=O)CCC/C=C/C/C=C/C/C=C/CCCCCCCC. The molecule has 0 aliphatic rings. The Labute approximate surface area is 414 Å². The summed E-state index contributed by atoms with van der Waals surface area (Å²) in [5, 5.41) is 0. The lowest BCUT2D eigenvalue weighted by Crippen LogP contribution is -2.30. The molecule has 67 heavy (non-hydrogen) atoms. The Bertz CT molecular complexity index is 1300. The summed E-state index contributed by atoms with van der Waals surface area (Å²) in [7, 11) is 0. The maximum absolute atomic E-state index is 12.8. The van der Waals surface area contributed by atoms with Crippen LogP contribution in [-0.4, -0.2) is 37.2 Å². The van der Waals surface area contributed by atoms with Crippen LogP contribution in [0.2, 0.25) is 0 Å². The van der Waals surface area contributed by atoms with Crippen LogP contribution in [0.5, 0.6) is 0 Å². The Morgan fingerprint density at radius 3 is 1.09 bits per heavy atom. The van der Waals surface area contributed by atoms with E-state index in [1.165, 1.54) is 161 Å². The number of carbonyl (C=O) groups excluding carboxylic acids is 3. The van der Waals surface area contributed by atoms with Gasteiger partial charge in [-0.1, -0.05) is 234 Å². The van der Waals surface area contributed by atoms with Crippen molar-refractivity contribution in [3.63, 3.8) is 0 Å². The molecule has 0 saturated carbocycles. The minimum Gasteiger partial charge on any atom is -0.462 e. The summed E-state index contributed by atoms with van der Waals surface area (Å²) in [6.45, 7) is 6.51. The van der Waals surface area contributed by atoms with Crippen LogP contribution in [-0.2, 0) is 28.6 Å². The van der Waals surface area contributed by atoms with E-state index < -0.39 is 6.10 Å². The van der Waals surface area contributed by atoms with E-state index in [-0.39, 0.29) is 44.0 Å². The molecular formula is C61H104O6. The van der Waals surface area contributed by atoms with E-state index >= 15 is 0 Å². The Hall–Kier alpha value is -3.41. The number of rotatable bonds is 50. The first-order valence-corrected chi connectivity index (χ1v) is 28.1. The van der Waals surface area contributed by atoms with Crippen LogP contribution in [0, 0.1) is 0 Å². The Balaban J connectivity index is 4.49. The number of unbranched alkanes of at least 4 members (excludes halogenated alkanes) is 26. The van der Waals surface area contributed by atoms with Crippen molar-refractivity contribution in [1.29, 1.82) is 0 Å². The molecule has 0 amide bonds. The predicted octanol–water partition coefficient (Wildman–Crippen LogP) is 18.8. The molecule has 1 unspecified atom stereocenters. The second-order valence-electron chi connectivity index (χ2n) is 18.5. The third-order valence-corrected chi connectivity index (χ3v) is 11.9. The maximum atomic E-state index is 12.8. The molecule has 0 bridgehead atoms. The van der Waals surface area contributed by atoms with Gasteiger partial charge in [0.15, 0.2) is 6.10 Å². The second-order valence-corrected chi connectivity index (χ2v) is 18.5. The first kappa shape index (κ1) is 63.6. The van der Waals surface area contributed by atoms with Gasteiger partial charge in [-0.05, 0) is 96.3 Å². The van der Waals surface area contributed by atoms with Gasteiger partial charge in [0.25, 0.3) is 0 Å². The van der Waals surface area contributed by atoms with Crippen molar-refractivity contribution in [1.82, 2.24) is 0 Å². The van der Waals surface area contributed by atoms with Gasteiger partial charge in [-0.2, -0.15) is 0 Å². The minimum atomic E-state index is -0.827. The summed E-state index contributed by atoms with van der Waals surface area (Å²) in [4.78, 5) is 38.0. The van der Waals surface area contributed by atoms with Gasteiger partial charge in [-0.25, -0.2) is 0 Å². The summed E-state index contributed by atoms with van der Waals surface area (Å²) < 4.78 is 16.7. The van der Waals surface area contributed by atoms with Crippen molar-refractivity contribution in [3.05, 3.63) is 85.1 Å². The molecule has 384 valence electrons. The monoisotopic (exact) mass is 933 g/mol. The normalized spacial score (nSPS) is 12.7. The van der Waals surface area contributed by atoms with Gasteiger partial charge in [0.05, 0.1) is 0 Å². The highest BCUT2D eigenvalue weighted by atomic mass is 16.6. The molecular weight excluding hydrogens is 829 g/mol. The predicted molar refractivity (Wildman–Crippen MR) is 288 cm³/mol. The molecule has 0 aromatic rings. The van der Waals surface area contributed by atoms with Crippen LogP contribution in [0.1, 0.15) is 265 Å². The lowest BCUT2D eigenvalue weighted by atomic mass is 10.1. The molecule has 0 rings (SSSR count). The minimum absolute atomic E-state index is 0.115. The molecule has 0 aliphatic heterocycles. The Morgan fingerprint density at radius 2 is 0.627 bits per heavy atom. The van der Waals surface area contributed by atoms with Gasteiger partial charge in [-0.15, -0.1) is 0 Å². The molecule has 0 fully saturated rings. The topological polar surface area (TPSA) is 78.9 Å². The average molecular weight is 933 g/mol. The van der Waals surface area contributed by atoms with Gasteiger partial charge in [-0.3, -0.25) is 14.4 Å². The molecule has 0 spiro atoms. The van der Waals surface area contributed by atoms with Crippen molar-refractivity contribution in [3.8, 4) is 0 Å². The van der Waals surface area contributed by atoms with Crippen molar-refractivity contribution in [2.45, 2.75) is 271 Å². The zero-order chi connectivity index (χ0) is 48.6. The van der Waals surface area contributed by atoms with Crippen LogP contribution in [0.4, 0.5) is 0 Å². The quantitative estimate of drug-likeness (QED) is 0.0199. The van der Waals surface area contributed by atoms with E-state index in [4.69, 9.17) is 14.2 Å². The van der Waals surface area contributed by atoms with E-state index in [1.54, 1.807) is 0 Å². The van der Waals surface area contributed by atoms with Crippen LogP contribution in [0.3, 0.4) is 0 Å². The van der Waals surface area contributed by atoms with E-state index in [0.717, 1.165) is 51.4 Å². The summed E-state index contributed by atoms with van der Waals surface area (Å²) in [5.41, 5.74) is 0. The number of hydrogen-bond donors (Lipinski definition) is 0. The molecule has 0 N–H and O–H groups in total. The molecule has 0 heterocycles. The van der Waals surface area contributed by atoms with E-state index in [9.17, 15) is 14.4 Å². The largest absolute Gasteiger partial charge is 0.462 e. The van der Waals surface area contributed by atoms with Gasteiger partial charge in [0, 0.05) is 19.3 Å². The maximum Gasteiger partial charge on any atom is 0.306 e. The van der Waals surface area contributed by atoms with Crippen LogP contribution < -0.4 is 0 Å². The van der Waals surface area contributed by atoms with E-state index in [0.29, 0.717) is 19.3 Å². The first-order chi connectivity index (χ1) is 33.0. The Kier molecular flexibility index (Phi) is 52.4. The molecule has 0 aliphatic carbocycles. The van der Waals surface area contributed by atoms with E-state index in [2.05, 4.69) is 99.8 Å². The van der Waals surface area contributed by atoms with Crippen molar-refractivity contribution < 1.29 is 28.6 Å². The third-order valence-electron chi connectivity index (χ3n) is 11.9. The fourth-order valence-electron chi connectivity index (χ4n) is 7.62. The zero-order valence-corrected chi connectivity index (χ0v) is 43.9. The van der Waals surface area contributed by atoms with Crippen molar-refractivity contribution in [2.75, 3.05) is 13.2 Å². The highest BCUT2D eigenvalue weighted by Gasteiger charge is 2.19. The third kappa shape index (κ3) is 53.4. The highest BCUT2D eigenvalue weighted by molar-refractivity contribution is 5.71. The number of carbonyl (C=O) groups is 3. The molecule has 1 atom stereocenters. The van der Waals surface area contributed by atoms with Crippen LogP contribution >= 0.6 is 0 Å². The van der Waals surface area contributed by atoms with Crippen LogP contribution in [0.25, 0.3) is 0 Å². The van der Waals surface area contributed by atoms with Gasteiger partial charge >= 0.3 is 17.9 Å². The smallest absolute Gasteiger partial charge is 0.306 e. The zero-order valence-electron chi connectivity index (χ0n) is 43.9. The Morgan fingerprint density at radius 1 is 0.313 bits per heavy atom. The summed E-state index contributed by atoms with van der Waals surface area (Å²) >= 11 is 0. The van der Waals surface area contributed by atoms with Gasteiger partial charge in [0.2, 0.25) is 0 Å². The molecule has 0 radical (unpaired) electrons. The number of ether oxygens (including phenoxy) is 3. The lowest BCUT2D eigenvalue weighted by Gasteiger charge is -2.18. The van der Waals surface area contributed by atoms with Crippen LogP contribution in [0.15, 0.2) is 85.1 Å². The molecule has 6 heteroatoms. The average Bonchev–Trinajstić information content (AvgIpc) is 3.33. The number of hydrogen-bond acceptors (Lipinski definition) is 6. The lowest BCUT2D eigenvalue weighted by molar-refractivity contribution is -0.166. The second kappa shape index (κ2) is 55.2. The summed E-state index contributed by atoms with van der Waals surface area (Å²) in [6.07, 6.45) is 71.6. The molecule has 0 aromatic carbocycles.